The summed E-state index contributed by atoms with van der Waals surface area (Å²) >= 11 is 4.69. The third-order valence-corrected chi connectivity index (χ3v) is 4.35. The number of benzene rings is 1. The minimum absolute atomic E-state index is 0.0965. The smallest absolute Gasteiger partial charge is 0.240 e. The van der Waals surface area contributed by atoms with Crippen LogP contribution in [0.2, 0.25) is 0 Å². The number of nitrogens with one attached hydrogen (secondary N) is 1. The topological polar surface area (TPSA) is 85.1 Å². The maximum absolute atomic E-state index is 13.5. The van der Waals surface area contributed by atoms with E-state index in [0.29, 0.717) is 0 Å². The molecule has 0 aliphatic carbocycles. The van der Waals surface area contributed by atoms with Crippen molar-refractivity contribution < 1.29 is 12.8 Å². The second-order valence-electron chi connectivity index (χ2n) is 4.19. The zero-order valence-electron chi connectivity index (χ0n) is 10.8. The van der Waals surface area contributed by atoms with E-state index in [1.807, 2.05) is 0 Å². The van der Waals surface area contributed by atoms with Crippen LogP contribution >= 0.6 is 12.2 Å². The molecule has 0 saturated carbocycles. The standard InChI is InChI=1S/C13H12FN3O2S2/c14-12-2-1-10(7-11(12)13(15)20)21(18,19)17-8-9-3-5-16-6-4-9/h1-7,17H,8H2,(H2,15,20). The lowest BCUT2D eigenvalue weighted by atomic mass is 10.2. The maximum Gasteiger partial charge on any atom is 0.240 e. The van der Waals surface area contributed by atoms with Gasteiger partial charge in [-0.05, 0) is 35.9 Å². The summed E-state index contributed by atoms with van der Waals surface area (Å²) in [6.07, 6.45) is 3.12. The summed E-state index contributed by atoms with van der Waals surface area (Å²) in [4.78, 5) is 3.55. The fourth-order valence-corrected chi connectivity index (χ4v) is 2.82. The molecule has 0 amide bonds. The summed E-state index contributed by atoms with van der Waals surface area (Å²) in [5.41, 5.74) is 6.02. The Morgan fingerprint density at radius 3 is 2.57 bits per heavy atom. The highest BCUT2D eigenvalue weighted by atomic mass is 32.2. The van der Waals surface area contributed by atoms with Crippen LogP contribution in [0.15, 0.2) is 47.6 Å². The fourth-order valence-electron chi connectivity index (χ4n) is 1.62. The predicted octanol–water partition coefficient (Wildman–Crippen LogP) is 1.33. The highest BCUT2D eigenvalue weighted by Gasteiger charge is 2.17. The lowest BCUT2D eigenvalue weighted by molar-refractivity contribution is 0.580. The second-order valence-corrected chi connectivity index (χ2v) is 6.39. The highest BCUT2D eigenvalue weighted by molar-refractivity contribution is 7.89. The van der Waals surface area contributed by atoms with Crippen LogP contribution in [0.5, 0.6) is 0 Å². The van der Waals surface area contributed by atoms with Crippen molar-refractivity contribution >= 4 is 27.2 Å². The molecule has 110 valence electrons. The number of hydrogen-bond donors (Lipinski definition) is 2. The number of hydrogen-bond acceptors (Lipinski definition) is 4. The van der Waals surface area contributed by atoms with Crippen LogP contribution in [0.4, 0.5) is 4.39 Å². The van der Waals surface area contributed by atoms with Gasteiger partial charge in [-0.15, -0.1) is 0 Å². The summed E-state index contributed by atoms with van der Waals surface area (Å²) in [7, 11) is -3.78. The van der Waals surface area contributed by atoms with Gasteiger partial charge in [0.1, 0.15) is 10.8 Å². The Balaban J connectivity index is 2.24. The summed E-state index contributed by atoms with van der Waals surface area (Å²) in [5.74, 6) is -0.657. The van der Waals surface area contributed by atoms with Gasteiger partial charge < -0.3 is 5.73 Å². The van der Waals surface area contributed by atoms with Gasteiger partial charge >= 0.3 is 0 Å². The predicted molar refractivity (Wildman–Crippen MR) is 80.5 cm³/mol. The van der Waals surface area contributed by atoms with E-state index in [4.69, 9.17) is 5.73 Å². The summed E-state index contributed by atoms with van der Waals surface area (Å²) in [6, 6.07) is 6.68. The van der Waals surface area contributed by atoms with Crippen molar-refractivity contribution in [1.82, 2.24) is 9.71 Å². The summed E-state index contributed by atoms with van der Waals surface area (Å²) in [5, 5.41) is 0. The van der Waals surface area contributed by atoms with Gasteiger partial charge in [-0.2, -0.15) is 0 Å². The molecule has 1 aromatic carbocycles. The van der Waals surface area contributed by atoms with E-state index in [9.17, 15) is 12.8 Å². The number of nitrogens with zero attached hydrogens (tertiary/aromatic N) is 1. The average Bonchev–Trinajstić information content (AvgIpc) is 2.46. The summed E-state index contributed by atoms with van der Waals surface area (Å²) < 4.78 is 40.2. The molecule has 0 unspecified atom stereocenters. The molecule has 5 nitrogen and oxygen atoms in total. The Morgan fingerprint density at radius 1 is 1.29 bits per heavy atom. The number of halogens is 1. The van der Waals surface area contributed by atoms with E-state index in [2.05, 4.69) is 21.9 Å². The molecule has 1 aromatic heterocycles. The van der Waals surface area contributed by atoms with E-state index in [1.54, 1.807) is 24.5 Å². The highest BCUT2D eigenvalue weighted by Crippen LogP contribution is 2.15. The molecule has 0 saturated heterocycles. The van der Waals surface area contributed by atoms with Gasteiger partial charge in [-0.1, -0.05) is 12.2 Å². The van der Waals surface area contributed by atoms with Gasteiger partial charge in [0.05, 0.1) is 4.90 Å². The Labute approximate surface area is 127 Å². The van der Waals surface area contributed by atoms with Crippen molar-refractivity contribution in [1.29, 1.82) is 0 Å². The molecule has 21 heavy (non-hydrogen) atoms. The first kappa shape index (κ1) is 15.5. The van der Waals surface area contributed by atoms with Gasteiger partial charge in [0.15, 0.2) is 0 Å². The van der Waals surface area contributed by atoms with Crippen LogP contribution in [-0.2, 0) is 16.6 Å². The SMILES string of the molecule is NC(=S)c1cc(S(=O)(=O)NCc2ccncc2)ccc1F. The van der Waals surface area contributed by atoms with E-state index < -0.39 is 15.8 Å². The first-order valence-corrected chi connectivity index (χ1v) is 7.77. The monoisotopic (exact) mass is 325 g/mol. The number of sulfonamides is 1. The number of nitrogens with two attached hydrogens (primary N) is 1. The number of aromatic nitrogens is 1. The fraction of sp³-hybridized carbons (Fsp3) is 0.0769. The zero-order valence-corrected chi connectivity index (χ0v) is 12.4. The molecule has 0 radical (unpaired) electrons. The third-order valence-electron chi connectivity index (χ3n) is 2.73. The van der Waals surface area contributed by atoms with Crippen molar-refractivity contribution in [2.75, 3.05) is 0 Å². The minimum Gasteiger partial charge on any atom is -0.389 e. The largest absolute Gasteiger partial charge is 0.389 e. The number of thiocarbonyl (C=S) groups is 1. The molecule has 0 bridgehead atoms. The van der Waals surface area contributed by atoms with Gasteiger partial charge in [-0.3, -0.25) is 4.98 Å². The van der Waals surface area contributed by atoms with Crippen molar-refractivity contribution in [3.8, 4) is 0 Å². The molecule has 0 aliphatic heterocycles. The molecular formula is C13H12FN3O2S2. The van der Waals surface area contributed by atoms with Gasteiger partial charge in [0.2, 0.25) is 10.0 Å². The van der Waals surface area contributed by atoms with Crippen LogP contribution in [-0.4, -0.2) is 18.4 Å². The first-order valence-electron chi connectivity index (χ1n) is 5.88. The van der Waals surface area contributed by atoms with Crippen LogP contribution in [0, 0.1) is 5.82 Å². The molecule has 2 aromatic rings. The van der Waals surface area contributed by atoms with Gasteiger partial charge in [0.25, 0.3) is 0 Å². The molecule has 0 atom stereocenters. The van der Waals surface area contributed by atoms with Crippen LogP contribution < -0.4 is 10.5 Å². The molecular weight excluding hydrogens is 313 g/mol. The van der Waals surface area contributed by atoms with Crippen molar-refractivity contribution in [3.63, 3.8) is 0 Å². The Hall–Kier alpha value is -1.90. The average molecular weight is 325 g/mol. The van der Waals surface area contributed by atoms with E-state index in [1.165, 1.54) is 0 Å². The zero-order chi connectivity index (χ0) is 15.5. The maximum atomic E-state index is 13.5. The van der Waals surface area contributed by atoms with Gasteiger partial charge in [-0.25, -0.2) is 17.5 Å². The normalized spacial score (nSPS) is 11.3. The lowest BCUT2D eigenvalue weighted by Gasteiger charge is -2.08. The van der Waals surface area contributed by atoms with Crippen LogP contribution in [0.3, 0.4) is 0 Å². The Morgan fingerprint density at radius 2 is 1.95 bits per heavy atom. The van der Waals surface area contributed by atoms with Crippen LogP contribution in [0.1, 0.15) is 11.1 Å². The molecule has 0 fully saturated rings. The van der Waals surface area contributed by atoms with E-state index >= 15 is 0 Å². The lowest BCUT2D eigenvalue weighted by Crippen LogP contribution is -2.24. The molecule has 3 N–H and O–H groups in total. The minimum atomic E-state index is -3.78. The second kappa shape index (κ2) is 6.25. The molecule has 2 rings (SSSR count). The number of rotatable bonds is 5. The van der Waals surface area contributed by atoms with Crippen LogP contribution in [0.25, 0.3) is 0 Å². The van der Waals surface area contributed by atoms with Crippen molar-refractivity contribution in [3.05, 3.63) is 59.7 Å². The van der Waals surface area contributed by atoms with Crippen molar-refractivity contribution in [2.45, 2.75) is 11.4 Å². The van der Waals surface area contributed by atoms with Gasteiger partial charge in [0, 0.05) is 24.5 Å². The van der Waals surface area contributed by atoms with E-state index in [0.717, 1.165) is 23.8 Å². The first-order chi connectivity index (χ1) is 9.90. The molecule has 8 heteroatoms. The third kappa shape index (κ3) is 3.81. The number of pyridine rings is 1. The molecule has 0 spiro atoms. The molecule has 0 aliphatic rings. The molecule has 1 heterocycles. The van der Waals surface area contributed by atoms with E-state index in [-0.39, 0.29) is 22.0 Å². The quantitative estimate of drug-likeness (QED) is 0.810. The summed E-state index contributed by atoms with van der Waals surface area (Å²) in [6.45, 7) is 0.102. The van der Waals surface area contributed by atoms with Crippen molar-refractivity contribution in [2.24, 2.45) is 5.73 Å². The Bertz CT molecular complexity index is 764. The Kier molecular flexibility index (Phi) is 4.61.